The highest BCUT2D eigenvalue weighted by Crippen LogP contribution is 2.65. The average molecular weight is 445 g/mol. The summed E-state index contributed by atoms with van der Waals surface area (Å²) in [4.78, 5) is 13.1. The molecule has 1 spiro atoms. The summed E-state index contributed by atoms with van der Waals surface area (Å²) >= 11 is 0. The minimum absolute atomic E-state index is 0.191. The van der Waals surface area contributed by atoms with E-state index in [1.165, 1.54) is 29.5 Å². The van der Waals surface area contributed by atoms with Crippen molar-refractivity contribution < 1.29 is 9.53 Å². The van der Waals surface area contributed by atoms with Crippen molar-refractivity contribution in [2.45, 2.75) is 56.1 Å². The summed E-state index contributed by atoms with van der Waals surface area (Å²) in [5, 5.41) is 6.65. The van der Waals surface area contributed by atoms with Gasteiger partial charge in [-0.1, -0.05) is 18.2 Å². The van der Waals surface area contributed by atoms with Crippen LogP contribution in [0.3, 0.4) is 0 Å². The van der Waals surface area contributed by atoms with E-state index in [1.807, 2.05) is 12.1 Å². The minimum atomic E-state index is -0.335. The Balaban J connectivity index is 1.09. The van der Waals surface area contributed by atoms with Crippen LogP contribution in [-0.4, -0.2) is 25.6 Å². The van der Waals surface area contributed by atoms with E-state index < -0.39 is 0 Å². The van der Waals surface area contributed by atoms with Gasteiger partial charge in [0.05, 0.1) is 18.6 Å². The van der Waals surface area contributed by atoms with Crippen LogP contribution in [0.4, 0.5) is 5.69 Å². The van der Waals surface area contributed by atoms with E-state index in [0.717, 1.165) is 49.4 Å². The van der Waals surface area contributed by atoms with E-state index in [1.54, 1.807) is 7.11 Å². The largest absolute Gasteiger partial charge is 0.497 e. The van der Waals surface area contributed by atoms with E-state index >= 15 is 0 Å². The Morgan fingerprint density at radius 2 is 2.00 bits per heavy atom. The molecule has 3 fully saturated rings. The van der Waals surface area contributed by atoms with E-state index in [2.05, 4.69) is 45.8 Å². The van der Waals surface area contributed by atoms with Crippen LogP contribution in [0.25, 0.3) is 0 Å². The number of carbonyl (C=O) groups is 1. The van der Waals surface area contributed by atoms with Crippen LogP contribution in [0.15, 0.2) is 36.4 Å². The van der Waals surface area contributed by atoms with Crippen LogP contribution in [0, 0.1) is 17.8 Å². The van der Waals surface area contributed by atoms with Crippen LogP contribution < -0.4 is 26.2 Å². The number of fused-ring (bicyclic) bond motifs is 4. The molecule has 2 aromatic rings. The van der Waals surface area contributed by atoms with Crippen LogP contribution in [-0.2, 0) is 23.2 Å². The first-order valence-corrected chi connectivity index (χ1v) is 12.5. The van der Waals surface area contributed by atoms with Gasteiger partial charge in [0.2, 0.25) is 5.91 Å². The summed E-state index contributed by atoms with van der Waals surface area (Å²) in [6, 6.07) is 13.9. The topological polar surface area (TPSA) is 74.4 Å². The first kappa shape index (κ1) is 20.0. The minimum Gasteiger partial charge on any atom is -0.497 e. The monoisotopic (exact) mass is 444 g/mol. The summed E-state index contributed by atoms with van der Waals surface area (Å²) < 4.78 is 5.46. The van der Waals surface area contributed by atoms with Gasteiger partial charge >= 0.3 is 0 Å². The summed E-state index contributed by atoms with van der Waals surface area (Å²) in [6.45, 7) is 2.07. The maximum absolute atomic E-state index is 13.1. The molecule has 1 saturated heterocycles. The van der Waals surface area contributed by atoms with Crippen molar-refractivity contribution in [3.8, 4) is 5.75 Å². The third-order valence-electron chi connectivity index (χ3n) is 9.22. The lowest BCUT2D eigenvalue weighted by Crippen LogP contribution is -2.37. The SMILES string of the molecule is COc1ccc2c(c1)[C@]1(C[C@H]1C1CCC3C(C1)NNC3c1ccc3c(c1)CNCC3)C(=O)N2. The molecule has 3 aliphatic heterocycles. The van der Waals surface area contributed by atoms with Gasteiger partial charge in [-0.25, -0.2) is 5.43 Å². The van der Waals surface area contributed by atoms with Gasteiger partial charge in [-0.2, -0.15) is 0 Å². The zero-order chi connectivity index (χ0) is 22.2. The maximum atomic E-state index is 13.1. The molecule has 2 aliphatic carbocycles. The van der Waals surface area contributed by atoms with Crippen LogP contribution in [0.5, 0.6) is 5.75 Å². The predicted molar refractivity (Wildman–Crippen MR) is 127 cm³/mol. The molecule has 0 aromatic heterocycles. The lowest BCUT2D eigenvalue weighted by Gasteiger charge is -2.34. The van der Waals surface area contributed by atoms with E-state index in [0.29, 0.717) is 29.8 Å². The molecule has 4 N–H and O–H groups in total. The van der Waals surface area contributed by atoms with Crippen molar-refractivity contribution in [3.63, 3.8) is 0 Å². The number of methoxy groups -OCH3 is 1. The highest BCUT2D eigenvalue weighted by molar-refractivity contribution is 6.09. The van der Waals surface area contributed by atoms with Crippen molar-refractivity contribution in [2.24, 2.45) is 17.8 Å². The Kier molecular flexibility index (Phi) is 4.42. The molecule has 0 radical (unpaired) electrons. The molecule has 5 aliphatic rings. The first-order chi connectivity index (χ1) is 16.2. The van der Waals surface area contributed by atoms with E-state index in [-0.39, 0.29) is 11.3 Å². The molecule has 33 heavy (non-hydrogen) atoms. The van der Waals surface area contributed by atoms with Gasteiger partial charge in [0, 0.05) is 18.3 Å². The Hall–Kier alpha value is -2.41. The second-order valence-electron chi connectivity index (χ2n) is 10.7. The Bertz CT molecular complexity index is 1130. The average Bonchev–Trinajstić information content (AvgIpc) is 3.38. The van der Waals surface area contributed by atoms with Gasteiger partial charge in [-0.15, -0.1) is 0 Å². The van der Waals surface area contributed by atoms with Gasteiger partial charge in [0.1, 0.15) is 5.75 Å². The summed E-state index contributed by atoms with van der Waals surface area (Å²) in [7, 11) is 1.69. The number of anilines is 1. The van der Waals surface area contributed by atoms with Gasteiger partial charge in [0.25, 0.3) is 0 Å². The Morgan fingerprint density at radius 3 is 2.91 bits per heavy atom. The number of benzene rings is 2. The quantitative estimate of drug-likeness (QED) is 0.585. The molecule has 6 nitrogen and oxygen atoms in total. The second-order valence-corrected chi connectivity index (χ2v) is 10.7. The molecular weight excluding hydrogens is 412 g/mol. The number of hydrogen-bond donors (Lipinski definition) is 4. The normalized spacial score (nSPS) is 36.2. The summed E-state index contributed by atoms with van der Waals surface area (Å²) in [5.41, 5.74) is 13.4. The molecule has 3 heterocycles. The molecule has 2 saturated carbocycles. The zero-order valence-electron chi connectivity index (χ0n) is 19.1. The fraction of sp³-hybridized carbons (Fsp3) is 0.519. The summed E-state index contributed by atoms with van der Waals surface area (Å²) in [5.74, 6) is 2.65. The van der Waals surface area contributed by atoms with Crippen LogP contribution in [0.1, 0.15) is 54.0 Å². The molecule has 0 bridgehead atoms. The molecule has 6 atom stereocenters. The first-order valence-electron chi connectivity index (χ1n) is 12.5. The number of hydrogen-bond acceptors (Lipinski definition) is 5. The van der Waals surface area contributed by atoms with Gasteiger partial charge in [-0.3, -0.25) is 10.2 Å². The molecular formula is C27H32N4O2. The standard InChI is InChI=1S/C27H32N4O2/c1-33-19-5-7-23-21(12-19)27(26(32)29-23)13-22(27)16-4-6-20-24(11-16)30-31-25(20)17-3-2-15-8-9-28-14-18(15)10-17/h2-3,5,7,10,12,16,20,22,24-25,28,30-31H,4,6,8-9,11,13-14H2,1H3,(H,29,32)/t16?,20?,22-,24?,25?,27-/m0/s1. The number of rotatable bonds is 3. The lowest BCUT2D eigenvalue weighted by atomic mass is 9.72. The van der Waals surface area contributed by atoms with Gasteiger partial charge < -0.3 is 15.4 Å². The zero-order valence-corrected chi connectivity index (χ0v) is 19.1. The highest BCUT2D eigenvalue weighted by atomic mass is 16.5. The van der Waals surface area contributed by atoms with Gasteiger partial charge in [-0.05, 0) is 96.9 Å². The van der Waals surface area contributed by atoms with Crippen molar-refractivity contribution in [1.82, 2.24) is 16.2 Å². The second kappa shape index (κ2) is 7.29. The molecule has 172 valence electrons. The fourth-order valence-corrected chi connectivity index (χ4v) is 7.40. The number of amides is 1. The highest BCUT2D eigenvalue weighted by Gasteiger charge is 2.67. The summed E-state index contributed by atoms with van der Waals surface area (Å²) in [6.07, 6.45) is 5.64. The fourth-order valence-electron chi connectivity index (χ4n) is 7.40. The van der Waals surface area contributed by atoms with Crippen molar-refractivity contribution in [3.05, 3.63) is 58.7 Å². The molecule has 7 rings (SSSR count). The molecule has 1 amide bonds. The number of carbonyl (C=O) groups excluding carboxylic acids is 1. The smallest absolute Gasteiger partial charge is 0.235 e. The van der Waals surface area contributed by atoms with Crippen LogP contribution in [0.2, 0.25) is 0 Å². The van der Waals surface area contributed by atoms with E-state index in [9.17, 15) is 4.79 Å². The van der Waals surface area contributed by atoms with Crippen molar-refractivity contribution >= 4 is 11.6 Å². The lowest BCUT2D eigenvalue weighted by molar-refractivity contribution is -0.118. The molecule has 6 heteroatoms. The molecule has 2 aromatic carbocycles. The van der Waals surface area contributed by atoms with Gasteiger partial charge in [0.15, 0.2) is 0 Å². The Morgan fingerprint density at radius 1 is 1.06 bits per heavy atom. The Labute approximate surface area is 194 Å². The van der Waals surface area contributed by atoms with E-state index in [4.69, 9.17) is 4.74 Å². The number of nitrogens with one attached hydrogen (secondary N) is 4. The van der Waals surface area contributed by atoms with Crippen LogP contribution >= 0.6 is 0 Å². The third-order valence-corrected chi connectivity index (χ3v) is 9.22. The van der Waals surface area contributed by atoms with Crippen molar-refractivity contribution in [1.29, 1.82) is 0 Å². The molecule has 4 unspecified atom stereocenters. The number of ether oxygens (including phenoxy) is 1. The predicted octanol–water partition coefficient (Wildman–Crippen LogP) is 3.18. The number of hydrazine groups is 1. The maximum Gasteiger partial charge on any atom is 0.235 e. The van der Waals surface area contributed by atoms with Crippen molar-refractivity contribution in [2.75, 3.05) is 19.0 Å². The third kappa shape index (κ3) is 2.94.